The molecule has 1 aliphatic heterocycles. The fraction of sp³-hybridized carbons (Fsp3) is 0.375. The van der Waals surface area contributed by atoms with Crippen LogP contribution in [0, 0.1) is 0 Å². The molecule has 144 valence electrons. The Morgan fingerprint density at radius 2 is 2.07 bits per heavy atom. The van der Waals surface area contributed by atoms with E-state index in [1.807, 2.05) is 0 Å². The van der Waals surface area contributed by atoms with Gasteiger partial charge in [0, 0.05) is 11.1 Å². The predicted molar refractivity (Wildman–Crippen MR) is 85.8 cm³/mol. The number of hydrogen-bond donors (Lipinski definition) is 1. The molecular formula is C16H15F3N4O4. The minimum atomic E-state index is -4.71. The van der Waals surface area contributed by atoms with Gasteiger partial charge in [-0.1, -0.05) is 22.4 Å². The molecule has 2 heterocycles. The highest BCUT2D eigenvalue weighted by molar-refractivity contribution is 5.96. The summed E-state index contributed by atoms with van der Waals surface area (Å²) < 4.78 is 46.6. The lowest BCUT2D eigenvalue weighted by Gasteiger charge is -2.23. The van der Waals surface area contributed by atoms with Crippen molar-refractivity contribution in [2.24, 2.45) is 5.16 Å². The number of nitrogens with zero attached hydrogens (tertiary/aromatic N) is 3. The van der Waals surface area contributed by atoms with E-state index >= 15 is 0 Å². The molecule has 0 saturated carbocycles. The molecule has 1 fully saturated rings. The van der Waals surface area contributed by atoms with Crippen LogP contribution < -0.4 is 5.32 Å². The molecule has 1 saturated heterocycles. The van der Waals surface area contributed by atoms with Gasteiger partial charge in [0.05, 0.1) is 25.5 Å². The van der Waals surface area contributed by atoms with Crippen LogP contribution in [0.15, 0.2) is 33.9 Å². The highest BCUT2D eigenvalue weighted by atomic mass is 19.4. The zero-order chi connectivity index (χ0) is 19.4. The van der Waals surface area contributed by atoms with Gasteiger partial charge in [0.15, 0.2) is 6.10 Å². The Bertz CT molecular complexity index is 816. The van der Waals surface area contributed by atoms with Crippen molar-refractivity contribution in [3.8, 4) is 11.4 Å². The normalized spacial score (nSPS) is 16.1. The largest absolute Gasteiger partial charge is 0.471 e. The second-order valence-electron chi connectivity index (χ2n) is 5.78. The van der Waals surface area contributed by atoms with E-state index in [0.29, 0.717) is 18.8 Å². The topological polar surface area (TPSA) is 98.8 Å². The molecule has 0 radical (unpaired) electrons. The van der Waals surface area contributed by atoms with E-state index in [-0.39, 0.29) is 29.4 Å². The molecular weight excluding hydrogens is 369 g/mol. The Balaban J connectivity index is 1.57. The molecule has 0 spiro atoms. The summed E-state index contributed by atoms with van der Waals surface area (Å²) in [6, 6.07) is 5.36. The van der Waals surface area contributed by atoms with Crippen LogP contribution in [0.5, 0.6) is 0 Å². The number of rotatable bonds is 6. The van der Waals surface area contributed by atoms with Gasteiger partial charge in [-0.2, -0.15) is 18.2 Å². The lowest BCUT2D eigenvalue weighted by molar-refractivity contribution is -0.159. The van der Waals surface area contributed by atoms with Crippen LogP contribution in [-0.4, -0.2) is 47.6 Å². The zero-order valence-electron chi connectivity index (χ0n) is 14.1. The van der Waals surface area contributed by atoms with Gasteiger partial charge in [0.2, 0.25) is 5.82 Å². The van der Waals surface area contributed by atoms with Crippen LogP contribution in [0.2, 0.25) is 0 Å². The summed E-state index contributed by atoms with van der Waals surface area (Å²) in [4.78, 5) is 20.6. The van der Waals surface area contributed by atoms with E-state index in [4.69, 9.17) is 9.57 Å². The molecule has 1 unspecified atom stereocenters. The van der Waals surface area contributed by atoms with Crippen molar-refractivity contribution in [1.82, 2.24) is 15.5 Å². The second kappa shape index (κ2) is 7.74. The van der Waals surface area contributed by atoms with Gasteiger partial charge >= 0.3 is 12.1 Å². The van der Waals surface area contributed by atoms with Crippen molar-refractivity contribution in [2.45, 2.75) is 25.2 Å². The third-order valence-electron chi connectivity index (χ3n) is 3.53. The summed E-state index contributed by atoms with van der Waals surface area (Å²) in [6.45, 7) is 2.71. The first kappa shape index (κ1) is 18.8. The van der Waals surface area contributed by atoms with E-state index in [0.717, 1.165) is 0 Å². The number of hydrogen-bond acceptors (Lipinski definition) is 7. The van der Waals surface area contributed by atoms with Gasteiger partial charge < -0.3 is 19.4 Å². The number of oxime groups is 1. The number of ether oxygens (including phenoxy) is 1. The number of alkyl halides is 3. The zero-order valence-corrected chi connectivity index (χ0v) is 14.1. The van der Waals surface area contributed by atoms with Crippen molar-refractivity contribution in [3.63, 3.8) is 0 Å². The van der Waals surface area contributed by atoms with E-state index in [2.05, 4.69) is 25.1 Å². The third-order valence-corrected chi connectivity index (χ3v) is 3.53. The Hall–Kier alpha value is -2.95. The molecule has 1 aromatic carbocycles. The smallest absolute Gasteiger partial charge is 0.388 e. The SMILES string of the molecule is CC(/C=N\OC1COC1)NC(=O)c1ccc(-c2noc(C(F)(F)F)n2)cc1. The molecule has 1 atom stereocenters. The Morgan fingerprint density at radius 3 is 2.63 bits per heavy atom. The van der Waals surface area contributed by atoms with Gasteiger partial charge in [-0.3, -0.25) is 4.79 Å². The average molecular weight is 384 g/mol. The van der Waals surface area contributed by atoms with E-state index in [9.17, 15) is 18.0 Å². The summed E-state index contributed by atoms with van der Waals surface area (Å²) in [5, 5.41) is 9.76. The molecule has 8 nitrogen and oxygen atoms in total. The average Bonchev–Trinajstić information content (AvgIpc) is 3.07. The number of carbonyl (C=O) groups excluding carboxylic acids is 1. The van der Waals surface area contributed by atoms with Crippen molar-refractivity contribution in [1.29, 1.82) is 0 Å². The fourth-order valence-corrected chi connectivity index (χ4v) is 2.04. The summed E-state index contributed by atoms with van der Waals surface area (Å²) in [6.07, 6.45) is -3.32. The first-order valence-corrected chi connectivity index (χ1v) is 7.92. The fourth-order valence-electron chi connectivity index (χ4n) is 2.04. The number of carbonyl (C=O) groups is 1. The first-order valence-electron chi connectivity index (χ1n) is 7.92. The maximum Gasteiger partial charge on any atom is 0.471 e. The van der Waals surface area contributed by atoms with Gasteiger partial charge in [0.1, 0.15) is 0 Å². The van der Waals surface area contributed by atoms with E-state index in [1.54, 1.807) is 6.92 Å². The van der Waals surface area contributed by atoms with Crippen LogP contribution in [0.1, 0.15) is 23.2 Å². The highest BCUT2D eigenvalue weighted by Gasteiger charge is 2.38. The Morgan fingerprint density at radius 1 is 1.37 bits per heavy atom. The maximum atomic E-state index is 12.5. The minimum absolute atomic E-state index is 0.0558. The molecule has 27 heavy (non-hydrogen) atoms. The van der Waals surface area contributed by atoms with E-state index < -0.39 is 12.1 Å². The summed E-state index contributed by atoms with van der Waals surface area (Å²) in [5.41, 5.74) is 0.600. The van der Waals surface area contributed by atoms with Gasteiger partial charge in [-0.05, 0) is 19.1 Å². The molecule has 11 heteroatoms. The maximum absolute atomic E-state index is 12.5. The first-order chi connectivity index (χ1) is 12.8. The quantitative estimate of drug-likeness (QED) is 0.606. The predicted octanol–water partition coefficient (Wildman–Crippen LogP) is 2.27. The van der Waals surface area contributed by atoms with Crippen molar-refractivity contribution < 1.29 is 32.1 Å². The van der Waals surface area contributed by atoms with Gasteiger partial charge in [0.25, 0.3) is 5.91 Å². The highest BCUT2D eigenvalue weighted by Crippen LogP contribution is 2.29. The molecule has 3 rings (SSSR count). The van der Waals surface area contributed by atoms with Crippen molar-refractivity contribution in [3.05, 3.63) is 35.7 Å². The van der Waals surface area contributed by atoms with Crippen LogP contribution in [0.4, 0.5) is 13.2 Å². The van der Waals surface area contributed by atoms with Crippen LogP contribution in [0.3, 0.4) is 0 Å². The number of halogens is 3. The lowest BCUT2D eigenvalue weighted by atomic mass is 10.1. The Kier molecular flexibility index (Phi) is 5.40. The second-order valence-corrected chi connectivity index (χ2v) is 5.78. The van der Waals surface area contributed by atoms with Crippen LogP contribution >= 0.6 is 0 Å². The minimum Gasteiger partial charge on any atom is -0.388 e. The van der Waals surface area contributed by atoms with Crippen molar-refractivity contribution >= 4 is 12.1 Å². The molecule has 2 aromatic rings. The van der Waals surface area contributed by atoms with E-state index in [1.165, 1.54) is 30.5 Å². The monoisotopic (exact) mass is 384 g/mol. The van der Waals surface area contributed by atoms with Crippen LogP contribution in [0.25, 0.3) is 11.4 Å². The molecule has 1 aromatic heterocycles. The number of aromatic nitrogens is 2. The number of benzene rings is 1. The molecule has 0 bridgehead atoms. The summed E-state index contributed by atoms with van der Waals surface area (Å²) in [5.74, 6) is -2.02. The van der Waals surface area contributed by atoms with Crippen LogP contribution in [-0.2, 0) is 15.8 Å². The lowest BCUT2D eigenvalue weighted by Crippen LogP contribution is -2.36. The van der Waals surface area contributed by atoms with Crippen molar-refractivity contribution in [2.75, 3.05) is 13.2 Å². The van der Waals surface area contributed by atoms with Gasteiger partial charge in [-0.25, -0.2) is 0 Å². The standard InChI is InChI=1S/C16H15F3N4O4/c1-9(6-20-26-12-7-25-8-12)21-14(24)11-4-2-10(3-5-11)13-22-15(27-23-13)16(17,18)19/h2-6,9,12H,7-8H2,1H3,(H,21,24)/b20-6-. The molecule has 1 aliphatic rings. The number of nitrogens with one attached hydrogen (secondary N) is 1. The van der Waals surface area contributed by atoms with Gasteiger partial charge in [-0.15, -0.1) is 0 Å². The molecule has 0 aliphatic carbocycles. The summed E-state index contributed by atoms with van der Waals surface area (Å²) in [7, 11) is 0. The third kappa shape index (κ3) is 4.82. The Labute approximate surface area is 151 Å². The summed E-state index contributed by atoms with van der Waals surface area (Å²) >= 11 is 0. The molecule has 1 amide bonds. The molecule has 1 N–H and O–H groups in total. The number of amides is 1.